The Kier molecular flexibility index (Phi) is 7.90. The predicted molar refractivity (Wildman–Crippen MR) is 80.1 cm³/mol. The molecule has 0 saturated carbocycles. The third kappa shape index (κ3) is 6.43. The second kappa shape index (κ2) is 8.95. The number of hydrogen-bond acceptors (Lipinski definition) is 2. The summed E-state index contributed by atoms with van der Waals surface area (Å²) >= 11 is 6.89. The maximum Gasteiger partial charge on any atom is 0.120 e. The molecule has 0 fully saturated rings. The molecule has 0 saturated heterocycles. The van der Waals surface area contributed by atoms with Gasteiger partial charge in [0, 0.05) is 22.4 Å². The van der Waals surface area contributed by atoms with Crippen LogP contribution < -0.4 is 10.1 Å². The minimum absolute atomic E-state index is 0.584. The van der Waals surface area contributed by atoms with Gasteiger partial charge in [0.05, 0.1) is 0 Å². The molecule has 17 heavy (non-hydrogen) atoms. The van der Waals surface area contributed by atoms with Crippen molar-refractivity contribution in [2.75, 3.05) is 18.5 Å². The molecule has 1 rings (SSSR count). The first-order valence-corrected chi connectivity index (χ1v) is 7.85. The van der Waals surface area contributed by atoms with E-state index in [1.807, 2.05) is 24.3 Å². The van der Waals surface area contributed by atoms with Crippen molar-refractivity contribution >= 4 is 31.9 Å². The van der Waals surface area contributed by atoms with Gasteiger partial charge in [-0.3, -0.25) is 0 Å². The van der Waals surface area contributed by atoms with E-state index in [0.717, 1.165) is 34.9 Å². The van der Waals surface area contributed by atoms with E-state index in [9.17, 15) is 0 Å². The average Bonchev–Trinajstić information content (AvgIpc) is 2.33. The van der Waals surface area contributed by atoms with Crippen LogP contribution in [-0.2, 0) is 0 Å². The van der Waals surface area contributed by atoms with Crippen molar-refractivity contribution in [1.29, 1.82) is 0 Å². The van der Waals surface area contributed by atoms with Crippen molar-refractivity contribution in [3.8, 4) is 5.75 Å². The summed E-state index contributed by atoms with van der Waals surface area (Å²) in [4.78, 5) is 0. The number of halogens is 2. The van der Waals surface area contributed by atoms with Crippen molar-refractivity contribution in [3.63, 3.8) is 0 Å². The second-order valence-corrected chi connectivity index (χ2v) is 5.55. The van der Waals surface area contributed by atoms with Crippen LogP contribution in [0.4, 0.5) is 0 Å². The highest BCUT2D eigenvalue weighted by molar-refractivity contribution is 9.10. The lowest BCUT2D eigenvalue weighted by Crippen LogP contribution is -2.32. The van der Waals surface area contributed by atoms with Gasteiger partial charge in [0.1, 0.15) is 12.4 Å². The van der Waals surface area contributed by atoms with Gasteiger partial charge < -0.3 is 10.1 Å². The molecular weight excluding hydrogens is 346 g/mol. The Balaban J connectivity index is 2.19. The first kappa shape index (κ1) is 15.0. The molecule has 0 aliphatic carbocycles. The number of alkyl halides is 1. The van der Waals surface area contributed by atoms with Crippen molar-refractivity contribution in [2.24, 2.45) is 0 Å². The normalized spacial score (nSPS) is 12.4. The average molecular weight is 365 g/mol. The molecule has 4 heteroatoms. The summed E-state index contributed by atoms with van der Waals surface area (Å²) < 4.78 is 6.71. The highest BCUT2D eigenvalue weighted by Crippen LogP contribution is 2.17. The summed E-state index contributed by atoms with van der Waals surface area (Å²) in [5.74, 6) is 0.912. The fourth-order valence-corrected chi connectivity index (χ4v) is 2.50. The Hall–Kier alpha value is -0.0600. The van der Waals surface area contributed by atoms with Gasteiger partial charge in [0.2, 0.25) is 0 Å². The lowest BCUT2D eigenvalue weighted by atomic mass is 10.2. The van der Waals surface area contributed by atoms with Crippen molar-refractivity contribution in [1.82, 2.24) is 5.32 Å². The van der Waals surface area contributed by atoms with Crippen LogP contribution in [0.2, 0.25) is 0 Å². The largest absolute Gasteiger partial charge is 0.492 e. The first-order chi connectivity index (χ1) is 8.26. The van der Waals surface area contributed by atoms with Gasteiger partial charge in [0.25, 0.3) is 0 Å². The van der Waals surface area contributed by atoms with Crippen molar-refractivity contribution in [3.05, 3.63) is 28.7 Å². The monoisotopic (exact) mass is 363 g/mol. The molecule has 2 nitrogen and oxygen atoms in total. The third-order valence-corrected chi connectivity index (χ3v) is 3.50. The molecule has 1 N–H and O–H groups in total. The van der Waals surface area contributed by atoms with E-state index in [1.165, 1.54) is 0 Å². The van der Waals surface area contributed by atoms with Crippen LogP contribution in [0.15, 0.2) is 28.7 Å². The second-order valence-electron chi connectivity index (χ2n) is 3.84. The number of hydrogen-bond donors (Lipinski definition) is 1. The Morgan fingerprint density at radius 3 is 2.88 bits per heavy atom. The molecule has 1 atom stereocenters. The fourth-order valence-electron chi connectivity index (χ4n) is 1.57. The van der Waals surface area contributed by atoms with Crippen LogP contribution in [0.1, 0.15) is 19.8 Å². The molecule has 0 aliphatic heterocycles. The summed E-state index contributed by atoms with van der Waals surface area (Å²) in [7, 11) is 0. The Morgan fingerprint density at radius 1 is 1.41 bits per heavy atom. The van der Waals surface area contributed by atoms with Gasteiger partial charge in [-0.15, -0.1) is 0 Å². The smallest absolute Gasteiger partial charge is 0.120 e. The molecule has 0 heterocycles. The molecule has 1 aromatic carbocycles. The quantitative estimate of drug-likeness (QED) is 0.556. The van der Waals surface area contributed by atoms with Crippen LogP contribution in [-0.4, -0.2) is 24.5 Å². The summed E-state index contributed by atoms with van der Waals surface area (Å²) in [5.41, 5.74) is 0. The minimum atomic E-state index is 0.584. The molecular formula is C13H19Br2NO. The summed E-state index contributed by atoms with van der Waals surface area (Å²) in [6, 6.07) is 8.51. The molecule has 96 valence electrons. The maximum absolute atomic E-state index is 5.66. The van der Waals surface area contributed by atoms with Gasteiger partial charge >= 0.3 is 0 Å². The number of rotatable bonds is 8. The molecule has 0 amide bonds. The van der Waals surface area contributed by atoms with E-state index in [0.29, 0.717) is 12.6 Å². The Bertz CT molecular complexity index is 320. The standard InChI is InChI=1S/C13H19Br2NO/c1-2-12(6-7-14)16-8-9-17-13-5-3-4-11(15)10-13/h3-5,10,12,16H,2,6-9H2,1H3. The Morgan fingerprint density at radius 2 is 2.24 bits per heavy atom. The summed E-state index contributed by atoms with van der Waals surface area (Å²) in [6.07, 6.45) is 2.32. The molecule has 0 radical (unpaired) electrons. The zero-order valence-corrected chi connectivity index (χ0v) is 13.3. The first-order valence-electron chi connectivity index (χ1n) is 5.94. The highest BCUT2D eigenvalue weighted by atomic mass is 79.9. The minimum Gasteiger partial charge on any atom is -0.492 e. The van der Waals surface area contributed by atoms with E-state index in [1.54, 1.807) is 0 Å². The van der Waals surface area contributed by atoms with Gasteiger partial charge in [-0.25, -0.2) is 0 Å². The van der Waals surface area contributed by atoms with Crippen LogP contribution in [0.3, 0.4) is 0 Å². The van der Waals surface area contributed by atoms with Gasteiger partial charge in [-0.2, -0.15) is 0 Å². The topological polar surface area (TPSA) is 21.3 Å². The molecule has 0 spiro atoms. The lowest BCUT2D eigenvalue weighted by molar-refractivity contribution is 0.302. The van der Waals surface area contributed by atoms with Gasteiger partial charge in [-0.05, 0) is 31.0 Å². The predicted octanol–water partition coefficient (Wildman–Crippen LogP) is 3.98. The maximum atomic E-state index is 5.66. The summed E-state index contributed by atoms with van der Waals surface area (Å²) in [6.45, 7) is 3.79. The molecule has 0 aliphatic rings. The van der Waals surface area contributed by atoms with Crippen LogP contribution >= 0.6 is 31.9 Å². The summed E-state index contributed by atoms with van der Waals surface area (Å²) in [5, 5.41) is 4.54. The molecule has 0 bridgehead atoms. The van der Waals surface area contributed by atoms with Crippen LogP contribution in [0.25, 0.3) is 0 Å². The van der Waals surface area contributed by atoms with E-state index in [4.69, 9.17) is 4.74 Å². The van der Waals surface area contributed by atoms with Gasteiger partial charge in [-0.1, -0.05) is 44.8 Å². The number of ether oxygens (including phenoxy) is 1. The molecule has 0 aromatic heterocycles. The zero-order chi connectivity index (χ0) is 12.5. The zero-order valence-electron chi connectivity index (χ0n) is 10.1. The van der Waals surface area contributed by atoms with E-state index in [-0.39, 0.29) is 0 Å². The molecule has 1 unspecified atom stereocenters. The lowest BCUT2D eigenvalue weighted by Gasteiger charge is -2.15. The SMILES string of the molecule is CCC(CCBr)NCCOc1cccc(Br)c1. The van der Waals surface area contributed by atoms with Crippen LogP contribution in [0.5, 0.6) is 5.75 Å². The number of benzene rings is 1. The van der Waals surface area contributed by atoms with Crippen LogP contribution in [0, 0.1) is 0 Å². The number of nitrogens with one attached hydrogen (secondary N) is 1. The van der Waals surface area contributed by atoms with Gasteiger partial charge in [0.15, 0.2) is 0 Å². The van der Waals surface area contributed by atoms with E-state index in [2.05, 4.69) is 44.1 Å². The highest BCUT2D eigenvalue weighted by Gasteiger charge is 2.03. The van der Waals surface area contributed by atoms with Crippen molar-refractivity contribution < 1.29 is 4.74 Å². The van der Waals surface area contributed by atoms with Crippen molar-refractivity contribution in [2.45, 2.75) is 25.8 Å². The molecule has 1 aromatic rings. The third-order valence-electron chi connectivity index (χ3n) is 2.55. The van der Waals surface area contributed by atoms with E-state index >= 15 is 0 Å². The van der Waals surface area contributed by atoms with E-state index < -0.39 is 0 Å². The Labute approximate surface area is 120 Å². The fraction of sp³-hybridized carbons (Fsp3) is 0.538.